The normalized spacial score (nSPS) is 11.8. The molecular weight excluding hydrogens is 326 g/mol. The number of ketones is 1. The molecule has 3 rings (SSSR count). The molecule has 0 spiro atoms. The van der Waals surface area contributed by atoms with Gasteiger partial charge in [0.15, 0.2) is 6.10 Å². The number of aromatic nitrogens is 1. The third-order valence-electron chi connectivity index (χ3n) is 4.38. The molecule has 26 heavy (non-hydrogen) atoms. The van der Waals surface area contributed by atoms with Crippen LogP contribution < -0.4 is 0 Å². The Morgan fingerprint density at radius 1 is 0.923 bits per heavy atom. The zero-order chi connectivity index (χ0) is 18.7. The minimum atomic E-state index is -0.843. The van der Waals surface area contributed by atoms with Gasteiger partial charge < -0.3 is 9.30 Å². The first-order valence-corrected chi connectivity index (χ1v) is 8.53. The van der Waals surface area contributed by atoms with Gasteiger partial charge in [0.25, 0.3) is 0 Å². The Labute approximate surface area is 153 Å². The first-order chi connectivity index (χ1) is 12.5. The number of hydrogen-bond donors (Lipinski definition) is 0. The van der Waals surface area contributed by atoms with Crippen molar-refractivity contribution in [1.29, 1.82) is 0 Å². The van der Waals surface area contributed by atoms with Crippen LogP contribution >= 0.6 is 0 Å². The topological polar surface area (TPSA) is 48.3 Å². The standard InChI is InChI=1S/C22H21NO3/c1-15-14-20(16(2)23(15)19-12-8-5-9-13-19)22(25)26-17(3)21(24)18-10-6-4-7-11-18/h4-14,17H,1-3H3. The van der Waals surface area contributed by atoms with Crippen LogP contribution in [0.3, 0.4) is 0 Å². The summed E-state index contributed by atoms with van der Waals surface area (Å²) in [6.45, 7) is 5.42. The second-order valence-electron chi connectivity index (χ2n) is 6.23. The summed E-state index contributed by atoms with van der Waals surface area (Å²) < 4.78 is 7.44. The Hall–Kier alpha value is -3.14. The Bertz CT molecular complexity index is 927. The molecule has 0 bridgehead atoms. The summed E-state index contributed by atoms with van der Waals surface area (Å²) in [7, 11) is 0. The van der Waals surface area contributed by atoms with E-state index in [2.05, 4.69) is 0 Å². The van der Waals surface area contributed by atoms with Crippen LogP contribution in [0.4, 0.5) is 0 Å². The number of ether oxygens (including phenoxy) is 1. The van der Waals surface area contributed by atoms with Crippen LogP contribution in [0, 0.1) is 13.8 Å². The van der Waals surface area contributed by atoms with E-state index in [4.69, 9.17) is 4.74 Å². The number of esters is 1. The fourth-order valence-corrected chi connectivity index (χ4v) is 3.06. The van der Waals surface area contributed by atoms with E-state index >= 15 is 0 Å². The summed E-state index contributed by atoms with van der Waals surface area (Å²) in [5.74, 6) is -0.701. The van der Waals surface area contributed by atoms with Gasteiger partial charge >= 0.3 is 5.97 Å². The van der Waals surface area contributed by atoms with Gasteiger partial charge in [0.05, 0.1) is 5.56 Å². The van der Waals surface area contributed by atoms with Crippen LogP contribution in [0.15, 0.2) is 66.7 Å². The fraction of sp³-hybridized carbons (Fsp3) is 0.182. The lowest BCUT2D eigenvalue weighted by Crippen LogP contribution is -2.24. The molecule has 0 N–H and O–H groups in total. The Morgan fingerprint density at radius 2 is 1.50 bits per heavy atom. The van der Waals surface area contributed by atoms with Gasteiger partial charge in [-0.2, -0.15) is 0 Å². The smallest absolute Gasteiger partial charge is 0.340 e. The monoisotopic (exact) mass is 347 g/mol. The van der Waals surface area contributed by atoms with E-state index in [0.29, 0.717) is 11.1 Å². The van der Waals surface area contributed by atoms with Crippen molar-refractivity contribution >= 4 is 11.8 Å². The predicted molar refractivity (Wildman–Crippen MR) is 101 cm³/mol. The molecule has 1 aromatic heterocycles. The van der Waals surface area contributed by atoms with Crippen molar-refractivity contribution in [2.75, 3.05) is 0 Å². The summed E-state index contributed by atoms with van der Waals surface area (Å²) in [6.07, 6.45) is -0.843. The highest BCUT2D eigenvalue weighted by atomic mass is 16.5. The number of rotatable bonds is 5. The van der Waals surface area contributed by atoms with Gasteiger partial charge in [0.1, 0.15) is 0 Å². The molecule has 0 radical (unpaired) electrons. The van der Waals surface area contributed by atoms with Crippen LogP contribution in [0.2, 0.25) is 0 Å². The first kappa shape index (κ1) is 17.7. The molecule has 0 aliphatic rings. The number of benzene rings is 2. The van der Waals surface area contributed by atoms with Gasteiger partial charge in [-0.05, 0) is 39.0 Å². The van der Waals surface area contributed by atoms with Gasteiger partial charge in [0, 0.05) is 22.6 Å². The lowest BCUT2D eigenvalue weighted by atomic mass is 10.1. The van der Waals surface area contributed by atoms with Crippen molar-refractivity contribution in [2.45, 2.75) is 26.9 Å². The van der Waals surface area contributed by atoms with Crippen molar-refractivity contribution in [3.8, 4) is 5.69 Å². The molecule has 1 heterocycles. The van der Waals surface area contributed by atoms with E-state index < -0.39 is 12.1 Å². The molecule has 1 atom stereocenters. The molecule has 3 aromatic rings. The van der Waals surface area contributed by atoms with Crippen molar-refractivity contribution in [2.24, 2.45) is 0 Å². The zero-order valence-corrected chi connectivity index (χ0v) is 15.1. The van der Waals surface area contributed by atoms with Crippen LogP contribution in [0.1, 0.15) is 39.0 Å². The summed E-state index contributed by atoms with van der Waals surface area (Å²) in [5.41, 5.74) is 3.71. The molecule has 1 unspecified atom stereocenters. The van der Waals surface area contributed by atoms with E-state index in [-0.39, 0.29) is 5.78 Å². The van der Waals surface area contributed by atoms with Crippen LogP contribution in [-0.2, 0) is 4.74 Å². The molecule has 4 heteroatoms. The summed E-state index contributed by atoms with van der Waals surface area (Å²) in [6, 6.07) is 20.5. The van der Waals surface area contributed by atoms with Crippen LogP contribution in [0.5, 0.6) is 0 Å². The van der Waals surface area contributed by atoms with E-state index in [1.54, 1.807) is 37.3 Å². The minimum Gasteiger partial charge on any atom is -0.451 e. The highest BCUT2D eigenvalue weighted by Crippen LogP contribution is 2.22. The molecule has 4 nitrogen and oxygen atoms in total. The molecular formula is C22H21NO3. The van der Waals surface area contributed by atoms with Gasteiger partial charge in [0.2, 0.25) is 5.78 Å². The molecule has 0 aliphatic carbocycles. The largest absolute Gasteiger partial charge is 0.451 e. The number of para-hydroxylation sites is 1. The zero-order valence-electron chi connectivity index (χ0n) is 15.1. The number of aryl methyl sites for hydroxylation is 1. The highest BCUT2D eigenvalue weighted by molar-refractivity contribution is 6.01. The quantitative estimate of drug-likeness (QED) is 0.503. The van der Waals surface area contributed by atoms with Crippen molar-refractivity contribution in [3.63, 3.8) is 0 Å². The molecule has 0 saturated heterocycles. The molecule has 132 valence electrons. The fourth-order valence-electron chi connectivity index (χ4n) is 3.06. The van der Waals surface area contributed by atoms with Crippen LogP contribution in [-0.4, -0.2) is 22.4 Å². The minimum absolute atomic E-state index is 0.212. The first-order valence-electron chi connectivity index (χ1n) is 8.53. The summed E-state index contributed by atoms with van der Waals surface area (Å²) >= 11 is 0. The lowest BCUT2D eigenvalue weighted by Gasteiger charge is -2.13. The van der Waals surface area contributed by atoms with E-state index in [9.17, 15) is 9.59 Å². The van der Waals surface area contributed by atoms with Gasteiger partial charge in [-0.3, -0.25) is 4.79 Å². The molecule has 0 saturated carbocycles. The maximum Gasteiger partial charge on any atom is 0.340 e. The predicted octanol–water partition coefficient (Wildman–Crippen LogP) is 4.52. The number of carbonyl (C=O) groups is 2. The van der Waals surface area contributed by atoms with E-state index in [0.717, 1.165) is 17.1 Å². The average Bonchev–Trinajstić information content (AvgIpc) is 2.96. The molecule has 0 aliphatic heterocycles. The highest BCUT2D eigenvalue weighted by Gasteiger charge is 2.23. The van der Waals surface area contributed by atoms with Gasteiger partial charge in [-0.1, -0.05) is 48.5 Å². The Kier molecular flexibility index (Phi) is 5.03. The maximum atomic E-state index is 12.6. The third kappa shape index (κ3) is 3.45. The molecule has 0 fully saturated rings. The van der Waals surface area contributed by atoms with E-state index in [1.165, 1.54) is 0 Å². The second-order valence-corrected chi connectivity index (χ2v) is 6.23. The third-order valence-corrected chi connectivity index (χ3v) is 4.38. The average molecular weight is 347 g/mol. The molecule has 2 aromatic carbocycles. The van der Waals surface area contributed by atoms with Gasteiger partial charge in [-0.25, -0.2) is 4.79 Å². The summed E-state index contributed by atoms with van der Waals surface area (Å²) in [4.78, 5) is 25.0. The van der Waals surface area contributed by atoms with Crippen molar-refractivity contribution < 1.29 is 14.3 Å². The summed E-state index contributed by atoms with van der Waals surface area (Å²) in [5, 5.41) is 0. The number of Topliss-reactive ketones (excluding diaryl/α,β-unsaturated/α-hetero) is 1. The van der Waals surface area contributed by atoms with Crippen molar-refractivity contribution in [1.82, 2.24) is 4.57 Å². The SMILES string of the molecule is Cc1cc(C(=O)OC(C)C(=O)c2ccccc2)c(C)n1-c1ccccc1. The Balaban J connectivity index is 1.82. The van der Waals surface area contributed by atoms with Gasteiger partial charge in [-0.15, -0.1) is 0 Å². The number of carbonyl (C=O) groups excluding carboxylic acids is 2. The second kappa shape index (κ2) is 7.40. The number of hydrogen-bond acceptors (Lipinski definition) is 3. The Morgan fingerprint density at radius 3 is 2.12 bits per heavy atom. The van der Waals surface area contributed by atoms with Crippen LogP contribution in [0.25, 0.3) is 5.69 Å². The maximum absolute atomic E-state index is 12.6. The number of nitrogens with zero attached hydrogens (tertiary/aromatic N) is 1. The van der Waals surface area contributed by atoms with Crippen molar-refractivity contribution in [3.05, 3.63) is 89.2 Å². The molecule has 0 amide bonds. The lowest BCUT2D eigenvalue weighted by molar-refractivity contribution is 0.0318. The van der Waals surface area contributed by atoms with E-state index in [1.807, 2.05) is 54.8 Å².